The van der Waals surface area contributed by atoms with E-state index in [0.717, 1.165) is 36.7 Å². The molecule has 29 heavy (non-hydrogen) atoms. The number of benzene rings is 1. The predicted octanol–water partition coefficient (Wildman–Crippen LogP) is 1.19. The number of nitrogens with zero attached hydrogens (tertiary/aromatic N) is 3. The van der Waals surface area contributed by atoms with Crippen LogP contribution < -0.4 is 10.6 Å². The Kier molecular flexibility index (Phi) is 7.30. The maximum absolute atomic E-state index is 12.4. The molecule has 2 amide bonds. The Balaban J connectivity index is 1.50. The second kappa shape index (κ2) is 10.1. The maximum atomic E-state index is 12.4. The summed E-state index contributed by atoms with van der Waals surface area (Å²) in [4.78, 5) is 35.7. The van der Waals surface area contributed by atoms with E-state index in [-0.39, 0.29) is 18.2 Å². The Morgan fingerprint density at radius 2 is 1.90 bits per heavy atom. The lowest BCUT2D eigenvalue weighted by atomic mass is 10.1. The summed E-state index contributed by atoms with van der Waals surface area (Å²) >= 11 is 0. The first kappa shape index (κ1) is 20.9. The molecule has 2 N–H and O–H groups in total. The molecular formula is C22H29N5O2. The summed E-state index contributed by atoms with van der Waals surface area (Å²) in [5.41, 5.74) is 3.08. The largest absolute Gasteiger partial charge is 0.356 e. The summed E-state index contributed by atoms with van der Waals surface area (Å²) in [5, 5.41) is 5.79. The molecule has 1 aliphatic heterocycles. The zero-order valence-corrected chi connectivity index (χ0v) is 17.1. The minimum absolute atomic E-state index is 0.0721. The fourth-order valence-corrected chi connectivity index (χ4v) is 3.64. The van der Waals surface area contributed by atoms with Crippen molar-refractivity contribution in [3.8, 4) is 0 Å². The lowest BCUT2D eigenvalue weighted by molar-refractivity contribution is -0.133. The zero-order valence-electron chi connectivity index (χ0n) is 17.1. The summed E-state index contributed by atoms with van der Waals surface area (Å²) in [7, 11) is 0. The van der Waals surface area contributed by atoms with Crippen LogP contribution in [0.15, 0.2) is 36.4 Å². The van der Waals surface area contributed by atoms with Gasteiger partial charge in [-0.1, -0.05) is 30.3 Å². The van der Waals surface area contributed by atoms with Gasteiger partial charge in [0.2, 0.25) is 11.8 Å². The van der Waals surface area contributed by atoms with Gasteiger partial charge in [0.15, 0.2) is 0 Å². The van der Waals surface area contributed by atoms with E-state index in [1.807, 2.05) is 38.1 Å². The molecule has 1 aliphatic rings. The minimum atomic E-state index is -0.426. The molecule has 0 radical (unpaired) electrons. The van der Waals surface area contributed by atoms with Crippen LogP contribution in [0.25, 0.3) is 0 Å². The Bertz CT molecular complexity index is 820. The van der Waals surface area contributed by atoms with Crippen molar-refractivity contribution in [1.29, 1.82) is 0 Å². The molecule has 1 aromatic carbocycles. The van der Waals surface area contributed by atoms with Crippen LogP contribution in [0.4, 0.5) is 0 Å². The third kappa shape index (κ3) is 6.35. The van der Waals surface area contributed by atoms with Crippen LogP contribution in [-0.4, -0.2) is 58.9 Å². The standard InChI is InChI=1S/C22H29N5O2/c1-16-14-17(2)26-20(25-16)8-10-23-21(28)15-19-22(29)24-11-13-27(19)12-9-18-6-4-3-5-7-18/h3-7,14,19H,8-13,15H2,1-2H3,(H,23,28)(H,24,29). The Morgan fingerprint density at radius 3 is 2.62 bits per heavy atom. The molecule has 0 spiro atoms. The van der Waals surface area contributed by atoms with E-state index in [9.17, 15) is 9.59 Å². The molecule has 2 aromatic rings. The van der Waals surface area contributed by atoms with Crippen LogP contribution in [0.1, 0.15) is 29.2 Å². The van der Waals surface area contributed by atoms with Gasteiger partial charge in [-0.2, -0.15) is 0 Å². The van der Waals surface area contributed by atoms with E-state index in [1.165, 1.54) is 5.56 Å². The predicted molar refractivity (Wildman–Crippen MR) is 111 cm³/mol. The lowest BCUT2D eigenvalue weighted by Gasteiger charge is -2.34. The van der Waals surface area contributed by atoms with E-state index < -0.39 is 6.04 Å². The number of hydrogen-bond acceptors (Lipinski definition) is 5. The highest BCUT2D eigenvalue weighted by Crippen LogP contribution is 2.11. The SMILES string of the molecule is Cc1cc(C)nc(CCNC(=O)CC2C(=O)NCCN2CCc2ccccc2)n1. The van der Waals surface area contributed by atoms with Crippen molar-refractivity contribution in [2.45, 2.75) is 39.2 Å². The topological polar surface area (TPSA) is 87.2 Å². The zero-order chi connectivity index (χ0) is 20.6. The van der Waals surface area contributed by atoms with Gasteiger partial charge in [0, 0.05) is 44.0 Å². The number of nitrogens with one attached hydrogen (secondary N) is 2. The normalized spacial score (nSPS) is 17.0. The molecule has 1 fully saturated rings. The van der Waals surface area contributed by atoms with Crippen molar-refractivity contribution >= 4 is 11.8 Å². The van der Waals surface area contributed by atoms with Crippen molar-refractivity contribution in [2.75, 3.05) is 26.2 Å². The molecule has 0 saturated carbocycles. The molecule has 0 aliphatic carbocycles. The molecule has 3 rings (SSSR count). The fourth-order valence-electron chi connectivity index (χ4n) is 3.64. The third-order valence-corrected chi connectivity index (χ3v) is 5.05. The lowest BCUT2D eigenvalue weighted by Crippen LogP contribution is -2.56. The van der Waals surface area contributed by atoms with Crippen LogP contribution in [0, 0.1) is 13.8 Å². The van der Waals surface area contributed by atoms with Crippen LogP contribution >= 0.6 is 0 Å². The molecular weight excluding hydrogens is 366 g/mol. The van der Waals surface area contributed by atoms with Gasteiger partial charge >= 0.3 is 0 Å². The van der Waals surface area contributed by atoms with Gasteiger partial charge in [0.05, 0.1) is 12.5 Å². The molecule has 1 aromatic heterocycles. The van der Waals surface area contributed by atoms with Crippen LogP contribution in [0.2, 0.25) is 0 Å². The smallest absolute Gasteiger partial charge is 0.237 e. The Morgan fingerprint density at radius 1 is 1.17 bits per heavy atom. The number of amides is 2. The Hall–Kier alpha value is -2.80. The first-order chi connectivity index (χ1) is 14.0. The van der Waals surface area contributed by atoms with Gasteiger partial charge in [0.1, 0.15) is 5.82 Å². The van der Waals surface area contributed by atoms with Crippen molar-refractivity contribution in [3.05, 3.63) is 59.2 Å². The molecule has 0 bridgehead atoms. The monoisotopic (exact) mass is 395 g/mol. The highest BCUT2D eigenvalue weighted by atomic mass is 16.2. The van der Waals surface area contributed by atoms with Crippen molar-refractivity contribution < 1.29 is 9.59 Å². The number of rotatable bonds is 8. The summed E-state index contributed by atoms with van der Waals surface area (Å²) in [6.07, 6.45) is 1.59. The Labute approximate surface area is 171 Å². The summed E-state index contributed by atoms with van der Waals surface area (Å²) in [5.74, 6) is 0.529. The van der Waals surface area contributed by atoms with E-state index in [0.29, 0.717) is 19.5 Å². The molecule has 1 unspecified atom stereocenters. The van der Waals surface area contributed by atoms with Gasteiger partial charge in [0.25, 0.3) is 0 Å². The molecule has 7 heteroatoms. The maximum Gasteiger partial charge on any atom is 0.237 e. The number of piperazine rings is 1. The number of hydrogen-bond donors (Lipinski definition) is 2. The molecule has 154 valence electrons. The number of aromatic nitrogens is 2. The quantitative estimate of drug-likeness (QED) is 0.701. The van der Waals surface area contributed by atoms with E-state index >= 15 is 0 Å². The fraction of sp³-hybridized carbons (Fsp3) is 0.455. The van der Waals surface area contributed by atoms with Crippen LogP contribution in [-0.2, 0) is 22.4 Å². The summed E-state index contributed by atoms with van der Waals surface area (Å²) in [6.45, 7) is 6.46. The number of carbonyl (C=O) groups excluding carboxylic acids is 2. The van der Waals surface area contributed by atoms with E-state index in [4.69, 9.17) is 0 Å². The summed E-state index contributed by atoms with van der Waals surface area (Å²) < 4.78 is 0. The minimum Gasteiger partial charge on any atom is -0.356 e. The van der Waals surface area contributed by atoms with Crippen LogP contribution in [0.3, 0.4) is 0 Å². The molecule has 7 nitrogen and oxygen atoms in total. The van der Waals surface area contributed by atoms with Crippen molar-refractivity contribution in [3.63, 3.8) is 0 Å². The second-order valence-corrected chi connectivity index (χ2v) is 7.45. The molecule has 2 heterocycles. The van der Waals surface area contributed by atoms with Gasteiger partial charge in [-0.15, -0.1) is 0 Å². The second-order valence-electron chi connectivity index (χ2n) is 7.45. The van der Waals surface area contributed by atoms with Crippen molar-refractivity contribution in [1.82, 2.24) is 25.5 Å². The third-order valence-electron chi connectivity index (χ3n) is 5.05. The summed E-state index contributed by atoms with van der Waals surface area (Å²) in [6, 6.07) is 11.7. The van der Waals surface area contributed by atoms with Gasteiger partial charge in [-0.05, 0) is 31.9 Å². The van der Waals surface area contributed by atoms with Gasteiger partial charge < -0.3 is 10.6 Å². The number of carbonyl (C=O) groups is 2. The van der Waals surface area contributed by atoms with Crippen LogP contribution in [0.5, 0.6) is 0 Å². The van der Waals surface area contributed by atoms with Gasteiger partial charge in [-0.25, -0.2) is 9.97 Å². The van der Waals surface area contributed by atoms with Crippen molar-refractivity contribution in [2.24, 2.45) is 0 Å². The first-order valence-electron chi connectivity index (χ1n) is 10.1. The van der Waals surface area contributed by atoms with E-state index in [1.54, 1.807) is 0 Å². The first-order valence-corrected chi connectivity index (χ1v) is 10.1. The number of aryl methyl sites for hydroxylation is 2. The average molecular weight is 396 g/mol. The average Bonchev–Trinajstić information content (AvgIpc) is 2.68. The van der Waals surface area contributed by atoms with E-state index in [2.05, 4.69) is 37.6 Å². The highest BCUT2D eigenvalue weighted by Gasteiger charge is 2.31. The highest BCUT2D eigenvalue weighted by molar-refractivity contribution is 5.88. The molecule has 1 saturated heterocycles. The molecule has 1 atom stereocenters. The van der Waals surface area contributed by atoms with Gasteiger partial charge in [-0.3, -0.25) is 14.5 Å².